The van der Waals surface area contributed by atoms with Gasteiger partial charge in [-0.1, -0.05) is 43.2 Å². The van der Waals surface area contributed by atoms with Crippen LogP contribution in [0.5, 0.6) is 0 Å². The minimum absolute atomic E-state index is 0.109. The van der Waals surface area contributed by atoms with Crippen LogP contribution in [-0.4, -0.2) is 49.2 Å². The average Bonchev–Trinajstić information content (AvgIpc) is 3.29. The van der Waals surface area contributed by atoms with E-state index in [-0.39, 0.29) is 18.1 Å². The third kappa shape index (κ3) is 4.95. The maximum atomic E-state index is 12.7. The van der Waals surface area contributed by atoms with Gasteiger partial charge in [0.2, 0.25) is 0 Å². The predicted molar refractivity (Wildman–Crippen MR) is 93.1 cm³/mol. The van der Waals surface area contributed by atoms with E-state index in [4.69, 9.17) is 9.47 Å². The van der Waals surface area contributed by atoms with E-state index in [9.17, 15) is 9.59 Å². The molecule has 0 radical (unpaired) electrons. The number of hydrogen-bond acceptors (Lipinski definition) is 4. The van der Waals surface area contributed by atoms with Gasteiger partial charge in [0.15, 0.2) is 6.10 Å². The van der Waals surface area contributed by atoms with Crippen LogP contribution in [0, 0.1) is 0 Å². The van der Waals surface area contributed by atoms with Crippen molar-refractivity contribution >= 4 is 12.0 Å². The van der Waals surface area contributed by atoms with Crippen molar-refractivity contribution < 1.29 is 19.1 Å². The molecule has 1 aromatic carbocycles. The zero-order chi connectivity index (χ0) is 17.5. The second-order valence-electron chi connectivity index (χ2n) is 6.58. The van der Waals surface area contributed by atoms with E-state index in [1.165, 1.54) is 12.8 Å². The minimum Gasteiger partial charge on any atom is -0.448 e. The molecule has 2 amide bonds. The van der Waals surface area contributed by atoms with Crippen LogP contribution in [-0.2, 0) is 14.3 Å². The van der Waals surface area contributed by atoms with Crippen LogP contribution < -0.4 is 5.32 Å². The molecule has 0 bridgehead atoms. The first-order valence-corrected chi connectivity index (χ1v) is 9.14. The van der Waals surface area contributed by atoms with Gasteiger partial charge in [-0.15, -0.1) is 0 Å². The van der Waals surface area contributed by atoms with Gasteiger partial charge in [-0.2, -0.15) is 0 Å². The Kier molecular flexibility index (Phi) is 6.28. The fraction of sp³-hybridized carbons (Fsp3) is 0.579. The van der Waals surface area contributed by atoms with E-state index in [2.05, 4.69) is 5.32 Å². The number of ether oxygens (including phenoxy) is 2. The molecular formula is C19H26N2O4. The summed E-state index contributed by atoms with van der Waals surface area (Å²) in [6.07, 6.45) is 4.40. The lowest BCUT2D eigenvalue weighted by Gasteiger charge is -2.22. The fourth-order valence-corrected chi connectivity index (χ4v) is 3.34. The van der Waals surface area contributed by atoms with E-state index in [0.717, 1.165) is 18.4 Å². The largest absolute Gasteiger partial charge is 0.448 e. The van der Waals surface area contributed by atoms with Crippen molar-refractivity contribution in [1.82, 2.24) is 10.2 Å². The fourth-order valence-electron chi connectivity index (χ4n) is 3.34. The SMILES string of the molecule is O=C(NCCCN1CCOC1=O)C(OC1CCCC1)c1ccccc1. The first-order chi connectivity index (χ1) is 12.2. The average molecular weight is 346 g/mol. The van der Waals surface area contributed by atoms with Crippen molar-refractivity contribution in [2.24, 2.45) is 0 Å². The molecule has 1 unspecified atom stereocenters. The first kappa shape index (κ1) is 17.7. The molecule has 6 heteroatoms. The summed E-state index contributed by atoms with van der Waals surface area (Å²) in [5.74, 6) is -0.109. The molecule has 1 heterocycles. The molecule has 2 aliphatic rings. The van der Waals surface area contributed by atoms with Crippen molar-refractivity contribution in [3.05, 3.63) is 35.9 Å². The Morgan fingerprint density at radius 1 is 1.28 bits per heavy atom. The van der Waals surface area contributed by atoms with Gasteiger partial charge >= 0.3 is 6.09 Å². The quantitative estimate of drug-likeness (QED) is 0.735. The molecular weight excluding hydrogens is 320 g/mol. The normalized spacial score (nSPS) is 19.0. The van der Waals surface area contributed by atoms with E-state index >= 15 is 0 Å². The standard InChI is InChI=1S/C19H26N2O4/c22-18(20-11-6-12-21-13-14-24-19(21)23)17(15-7-2-1-3-8-15)25-16-9-4-5-10-16/h1-3,7-8,16-17H,4-6,9-14H2,(H,20,22). The third-order valence-corrected chi connectivity index (χ3v) is 4.72. The molecule has 25 heavy (non-hydrogen) atoms. The van der Waals surface area contributed by atoms with Gasteiger partial charge in [-0.3, -0.25) is 4.79 Å². The molecule has 1 saturated heterocycles. The number of cyclic esters (lactones) is 1. The number of rotatable bonds is 8. The maximum absolute atomic E-state index is 12.7. The number of benzene rings is 1. The van der Waals surface area contributed by atoms with Crippen molar-refractivity contribution in [1.29, 1.82) is 0 Å². The van der Waals surface area contributed by atoms with E-state index in [1.807, 2.05) is 30.3 Å². The molecule has 2 fully saturated rings. The topological polar surface area (TPSA) is 67.9 Å². The van der Waals surface area contributed by atoms with Gasteiger partial charge < -0.3 is 19.7 Å². The van der Waals surface area contributed by atoms with Gasteiger partial charge in [-0.05, 0) is 24.8 Å². The Hall–Kier alpha value is -2.08. The van der Waals surface area contributed by atoms with Crippen LogP contribution in [0.1, 0.15) is 43.8 Å². The monoisotopic (exact) mass is 346 g/mol. The highest BCUT2D eigenvalue weighted by molar-refractivity contribution is 5.82. The molecule has 1 N–H and O–H groups in total. The Labute approximate surface area is 148 Å². The summed E-state index contributed by atoms with van der Waals surface area (Å²) in [4.78, 5) is 25.7. The Balaban J connectivity index is 1.50. The summed E-state index contributed by atoms with van der Waals surface area (Å²) >= 11 is 0. The number of carbonyl (C=O) groups is 2. The van der Waals surface area contributed by atoms with Gasteiger partial charge in [0, 0.05) is 13.1 Å². The number of hydrogen-bond donors (Lipinski definition) is 1. The van der Waals surface area contributed by atoms with Crippen LogP contribution in [0.2, 0.25) is 0 Å². The first-order valence-electron chi connectivity index (χ1n) is 9.14. The molecule has 1 aromatic rings. The summed E-state index contributed by atoms with van der Waals surface area (Å²) in [6, 6.07) is 9.64. The molecule has 1 aliphatic carbocycles. The summed E-state index contributed by atoms with van der Waals surface area (Å²) in [7, 11) is 0. The number of nitrogens with zero attached hydrogens (tertiary/aromatic N) is 1. The molecule has 1 saturated carbocycles. The lowest BCUT2D eigenvalue weighted by atomic mass is 10.1. The van der Waals surface area contributed by atoms with Gasteiger partial charge in [0.05, 0.1) is 12.6 Å². The highest BCUT2D eigenvalue weighted by Gasteiger charge is 2.27. The van der Waals surface area contributed by atoms with Crippen LogP contribution in [0.25, 0.3) is 0 Å². The number of amides is 2. The smallest absolute Gasteiger partial charge is 0.409 e. The second kappa shape index (κ2) is 8.85. The summed E-state index contributed by atoms with van der Waals surface area (Å²) in [5, 5.41) is 2.95. The molecule has 6 nitrogen and oxygen atoms in total. The number of nitrogens with one attached hydrogen (secondary N) is 1. The zero-order valence-electron chi connectivity index (χ0n) is 14.5. The highest BCUT2D eigenvalue weighted by atomic mass is 16.6. The summed E-state index contributed by atoms with van der Waals surface area (Å²) in [6.45, 7) is 2.19. The second-order valence-corrected chi connectivity index (χ2v) is 6.58. The molecule has 136 valence electrons. The minimum atomic E-state index is -0.568. The van der Waals surface area contributed by atoms with E-state index < -0.39 is 6.10 Å². The summed E-state index contributed by atoms with van der Waals surface area (Å²) in [5.41, 5.74) is 0.884. The maximum Gasteiger partial charge on any atom is 0.409 e. The Morgan fingerprint density at radius 3 is 2.72 bits per heavy atom. The van der Waals surface area contributed by atoms with Gasteiger partial charge in [0.25, 0.3) is 5.91 Å². The Bertz CT molecular complexity index is 572. The van der Waals surface area contributed by atoms with Crippen LogP contribution in [0.4, 0.5) is 4.79 Å². The van der Waals surface area contributed by atoms with Crippen molar-refractivity contribution in [3.8, 4) is 0 Å². The molecule has 0 spiro atoms. The van der Waals surface area contributed by atoms with Gasteiger partial charge in [0.1, 0.15) is 6.61 Å². The van der Waals surface area contributed by atoms with Gasteiger partial charge in [-0.25, -0.2) is 4.79 Å². The predicted octanol–water partition coefficient (Wildman–Crippen LogP) is 2.65. The number of carbonyl (C=O) groups excluding carboxylic acids is 2. The third-order valence-electron chi connectivity index (χ3n) is 4.72. The molecule has 1 aliphatic heterocycles. The summed E-state index contributed by atoms with van der Waals surface area (Å²) < 4.78 is 11.0. The van der Waals surface area contributed by atoms with Crippen LogP contribution >= 0.6 is 0 Å². The van der Waals surface area contributed by atoms with Crippen LogP contribution in [0.3, 0.4) is 0 Å². The lowest BCUT2D eigenvalue weighted by Crippen LogP contribution is -2.35. The van der Waals surface area contributed by atoms with Crippen molar-refractivity contribution in [3.63, 3.8) is 0 Å². The van der Waals surface area contributed by atoms with Crippen molar-refractivity contribution in [2.75, 3.05) is 26.2 Å². The Morgan fingerprint density at radius 2 is 2.04 bits per heavy atom. The van der Waals surface area contributed by atoms with Crippen molar-refractivity contribution in [2.45, 2.75) is 44.3 Å². The molecule has 1 atom stereocenters. The lowest BCUT2D eigenvalue weighted by molar-refractivity contribution is -0.137. The van der Waals surface area contributed by atoms with Crippen LogP contribution in [0.15, 0.2) is 30.3 Å². The molecule has 3 rings (SSSR count). The van der Waals surface area contributed by atoms with E-state index in [0.29, 0.717) is 32.7 Å². The van der Waals surface area contributed by atoms with E-state index in [1.54, 1.807) is 4.90 Å². The molecule has 0 aromatic heterocycles. The zero-order valence-corrected chi connectivity index (χ0v) is 14.5. The highest BCUT2D eigenvalue weighted by Crippen LogP contribution is 2.28.